The second-order valence-corrected chi connectivity index (χ2v) is 6.71. The molecule has 1 aromatic carbocycles. The maximum absolute atomic E-state index is 13.2. The second-order valence-electron chi connectivity index (χ2n) is 6.71. The zero-order valence-corrected chi connectivity index (χ0v) is 14.6. The lowest BCUT2D eigenvalue weighted by molar-refractivity contribution is 0.227. The quantitative estimate of drug-likeness (QED) is 0.874. The van der Waals surface area contributed by atoms with Crippen LogP contribution < -0.4 is 10.6 Å². The Morgan fingerprint density at radius 2 is 1.92 bits per heavy atom. The molecule has 1 fully saturated rings. The van der Waals surface area contributed by atoms with E-state index in [1.54, 1.807) is 23.0 Å². The Kier molecular flexibility index (Phi) is 5.31. The predicted octanol–water partition coefficient (Wildman–Crippen LogP) is 3.25. The van der Waals surface area contributed by atoms with Crippen molar-refractivity contribution in [3.05, 3.63) is 47.8 Å². The summed E-state index contributed by atoms with van der Waals surface area (Å²) in [6.07, 6.45) is 6.08. The Morgan fingerprint density at radius 3 is 2.52 bits per heavy atom. The largest absolute Gasteiger partial charge is 0.331 e. The lowest BCUT2D eigenvalue weighted by Gasteiger charge is -2.26. The molecular weight excluding hydrogens is 321 g/mol. The molecule has 0 bridgehead atoms. The van der Waals surface area contributed by atoms with Crippen LogP contribution in [-0.2, 0) is 7.05 Å². The van der Waals surface area contributed by atoms with Crippen LogP contribution in [0, 0.1) is 11.7 Å². The highest BCUT2D eigenvalue weighted by atomic mass is 19.1. The molecule has 134 valence electrons. The zero-order chi connectivity index (χ0) is 17.8. The van der Waals surface area contributed by atoms with Gasteiger partial charge in [-0.2, -0.15) is 0 Å². The summed E-state index contributed by atoms with van der Waals surface area (Å²) in [4.78, 5) is 12.5. The van der Waals surface area contributed by atoms with Gasteiger partial charge in [-0.05, 0) is 43.4 Å². The van der Waals surface area contributed by atoms with E-state index in [0.717, 1.165) is 18.4 Å². The van der Waals surface area contributed by atoms with Crippen LogP contribution in [0.2, 0.25) is 0 Å². The van der Waals surface area contributed by atoms with Gasteiger partial charge in [0.1, 0.15) is 12.1 Å². The van der Waals surface area contributed by atoms with Crippen LogP contribution in [0.1, 0.15) is 56.1 Å². The lowest BCUT2D eigenvalue weighted by atomic mass is 9.91. The van der Waals surface area contributed by atoms with Crippen molar-refractivity contribution in [1.29, 1.82) is 0 Å². The van der Waals surface area contributed by atoms with Crippen LogP contribution in [0.5, 0.6) is 0 Å². The van der Waals surface area contributed by atoms with Crippen molar-refractivity contribution in [2.45, 2.75) is 44.7 Å². The minimum atomic E-state index is -0.269. The number of carbonyl (C=O) groups excluding carboxylic acids is 1. The molecule has 1 aliphatic carbocycles. The molecule has 2 unspecified atom stereocenters. The summed E-state index contributed by atoms with van der Waals surface area (Å²) >= 11 is 0. The van der Waals surface area contributed by atoms with Crippen LogP contribution in [0.3, 0.4) is 0 Å². The minimum absolute atomic E-state index is 0.116. The van der Waals surface area contributed by atoms with Gasteiger partial charge in [-0.25, -0.2) is 9.18 Å². The second kappa shape index (κ2) is 7.63. The molecule has 0 spiro atoms. The van der Waals surface area contributed by atoms with Crippen LogP contribution in [0.15, 0.2) is 30.6 Å². The number of hydrogen-bond donors (Lipinski definition) is 2. The third-order valence-electron chi connectivity index (χ3n) is 4.87. The van der Waals surface area contributed by atoms with Crippen LogP contribution >= 0.6 is 0 Å². The fourth-order valence-corrected chi connectivity index (χ4v) is 3.56. The molecule has 25 heavy (non-hydrogen) atoms. The van der Waals surface area contributed by atoms with Gasteiger partial charge < -0.3 is 15.2 Å². The first-order valence-electron chi connectivity index (χ1n) is 8.71. The van der Waals surface area contributed by atoms with E-state index in [2.05, 4.69) is 20.8 Å². The topological polar surface area (TPSA) is 71.8 Å². The van der Waals surface area contributed by atoms with E-state index in [4.69, 9.17) is 0 Å². The summed E-state index contributed by atoms with van der Waals surface area (Å²) in [6.45, 7) is 1.87. The number of carbonyl (C=O) groups is 1. The summed E-state index contributed by atoms with van der Waals surface area (Å²) in [5.74, 6) is 0.796. The van der Waals surface area contributed by atoms with E-state index in [-0.39, 0.29) is 23.9 Å². The Morgan fingerprint density at radius 1 is 1.24 bits per heavy atom. The molecule has 0 aliphatic heterocycles. The van der Waals surface area contributed by atoms with Crippen LogP contribution in [0.4, 0.5) is 9.18 Å². The van der Waals surface area contributed by atoms with Gasteiger partial charge in [0, 0.05) is 7.05 Å². The molecule has 6 nitrogen and oxygen atoms in total. The molecular formula is C18H24FN5O. The van der Waals surface area contributed by atoms with Gasteiger partial charge in [-0.1, -0.05) is 25.0 Å². The first-order chi connectivity index (χ1) is 12.0. The molecule has 1 aliphatic rings. The molecule has 0 saturated heterocycles. The van der Waals surface area contributed by atoms with Gasteiger partial charge in [0.05, 0.1) is 12.1 Å². The number of amides is 2. The summed E-state index contributed by atoms with van der Waals surface area (Å²) < 4.78 is 15.0. The van der Waals surface area contributed by atoms with Crippen molar-refractivity contribution in [3.8, 4) is 0 Å². The molecule has 1 aromatic heterocycles. The van der Waals surface area contributed by atoms with Crippen molar-refractivity contribution in [2.24, 2.45) is 13.0 Å². The number of aromatic nitrogens is 3. The number of rotatable bonds is 5. The van der Waals surface area contributed by atoms with E-state index >= 15 is 0 Å². The first kappa shape index (κ1) is 17.4. The molecule has 2 amide bonds. The molecule has 3 rings (SSSR count). The summed E-state index contributed by atoms with van der Waals surface area (Å²) in [7, 11) is 1.84. The normalized spacial score (nSPS) is 17.2. The average Bonchev–Trinajstić information content (AvgIpc) is 3.25. The van der Waals surface area contributed by atoms with E-state index in [0.29, 0.717) is 11.7 Å². The maximum atomic E-state index is 13.2. The van der Waals surface area contributed by atoms with E-state index in [1.807, 2.05) is 14.0 Å². The highest BCUT2D eigenvalue weighted by Crippen LogP contribution is 2.35. The number of nitrogens with one attached hydrogen (secondary N) is 2. The monoisotopic (exact) mass is 345 g/mol. The molecule has 2 atom stereocenters. The third kappa shape index (κ3) is 4.15. The Hall–Kier alpha value is -2.44. The first-order valence-corrected chi connectivity index (χ1v) is 8.71. The highest BCUT2D eigenvalue weighted by molar-refractivity contribution is 5.74. The Labute approximate surface area is 146 Å². The van der Waals surface area contributed by atoms with E-state index in [1.165, 1.54) is 25.0 Å². The predicted molar refractivity (Wildman–Crippen MR) is 92.2 cm³/mol. The summed E-state index contributed by atoms with van der Waals surface area (Å²) in [5, 5.41) is 13.8. The zero-order valence-electron chi connectivity index (χ0n) is 14.6. The van der Waals surface area contributed by atoms with Crippen molar-refractivity contribution < 1.29 is 9.18 Å². The number of nitrogens with zero attached hydrogens (tertiary/aromatic N) is 3. The van der Waals surface area contributed by atoms with Gasteiger partial charge in [0.25, 0.3) is 0 Å². The number of halogens is 1. The molecule has 2 aromatic rings. The van der Waals surface area contributed by atoms with Gasteiger partial charge in [-0.15, -0.1) is 10.2 Å². The summed E-state index contributed by atoms with van der Waals surface area (Å²) in [6, 6.07) is 5.77. The number of urea groups is 1. The molecule has 7 heteroatoms. The van der Waals surface area contributed by atoms with Gasteiger partial charge in [0.2, 0.25) is 0 Å². The third-order valence-corrected chi connectivity index (χ3v) is 4.87. The smallest absolute Gasteiger partial charge is 0.315 e. The molecule has 1 saturated carbocycles. The molecule has 1 heterocycles. The van der Waals surface area contributed by atoms with E-state index < -0.39 is 0 Å². The van der Waals surface area contributed by atoms with E-state index in [9.17, 15) is 9.18 Å². The minimum Gasteiger partial charge on any atom is -0.331 e. The fraction of sp³-hybridized carbons (Fsp3) is 0.500. The van der Waals surface area contributed by atoms with Crippen LogP contribution in [0.25, 0.3) is 0 Å². The van der Waals surface area contributed by atoms with Crippen LogP contribution in [-0.4, -0.2) is 20.8 Å². The fourth-order valence-electron chi connectivity index (χ4n) is 3.56. The Balaban J connectivity index is 1.70. The number of hydrogen-bond acceptors (Lipinski definition) is 3. The van der Waals surface area contributed by atoms with Gasteiger partial charge in [-0.3, -0.25) is 0 Å². The van der Waals surface area contributed by atoms with Gasteiger partial charge in [0.15, 0.2) is 5.82 Å². The van der Waals surface area contributed by atoms with Crippen molar-refractivity contribution in [1.82, 2.24) is 25.4 Å². The standard InChI is InChI=1S/C18H24FN5O/c1-12(17-23-20-11-24(17)2)21-18(25)22-16(13-5-3-4-6-13)14-7-9-15(19)10-8-14/h7-13,16H,3-6H2,1-2H3,(H2,21,22,25). The maximum Gasteiger partial charge on any atom is 0.315 e. The summed E-state index contributed by atoms with van der Waals surface area (Å²) in [5.41, 5.74) is 0.940. The van der Waals surface area contributed by atoms with Gasteiger partial charge >= 0.3 is 6.03 Å². The van der Waals surface area contributed by atoms with Crippen molar-refractivity contribution in [3.63, 3.8) is 0 Å². The number of aryl methyl sites for hydroxylation is 1. The lowest BCUT2D eigenvalue weighted by Crippen LogP contribution is -2.41. The average molecular weight is 345 g/mol. The Bertz CT molecular complexity index is 709. The van der Waals surface area contributed by atoms with Crippen molar-refractivity contribution >= 4 is 6.03 Å². The van der Waals surface area contributed by atoms with Crippen molar-refractivity contribution in [2.75, 3.05) is 0 Å². The SMILES string of the molecule is CC(NC(=O)NC(c1ccc(F)cc1)C1CCCC1)c1nncn1C. The molecule has 2 N–H and O–H groups in total. The number of benzene rings is 1. The molecule has 0 radical (unpaired) electrons. The highest BCUT2D eigenvalue weighted by Gasteiger charge is 2.28.